The molecule has 0 fully saturated rings. The summed E-state index contributed by atoms with van der Waals surface area (Å²) in [6, 6.07) is 9.32. The molecule has 0 radical (unpaired) electrons. The first-order valence-electron chi connectivity index (χ1n) is 8.30. The molecule has 21 heavy (non-hydrogen) atoms. The van der Waals surface area contributed by atoms with Gasteiger partial charge in [0.15, 0.2) is 0 Å². The Morgan fingerprint density at radius 1 is 1.38 bits per heavy atom. The molecule has 2 atom stereocenters. The van der Waals surface area contributed by atoms with E-state index in [2.05, 4.69) is 55.3 Å². The normalized spacial score (nSPS) is 21.0. The third-order valence-corrected chi connectivity index (χ3v) is 4.72. The van der Waals surface area contributed by atoms with Crippen LogP contribution in [0.25, 0.3) is 0 Å². The van der Waals surface area contributed by atoms with Crippen LogP contribution in [0.15, 0.2) is 24.3 Å². The Morgan fingerprint density at radius 3 is 2.86 bits per heavy atom. The zero-order valence-electron chi connectivity index (χ0n) is 13.7. The predicted octanol–water partition coefficient (Wildman–Crippen LogP) is 2.97. The summed E-state index contributed by atoms with van der Waals surface area (Å²) in [5.41, 5.74) is 2.66. The lowest BCUT2D eigenvalue weighted by molar-refractivity contribution is 0.166. The molecule has 1 aliphatic rings. The van der Waals surface area contributed by atoms with E-state index >= 15 is 0 Å². The van der Waals surface area contributed by atoms with E-state index in [4.69, 9.17) is 0 Å². The maximum Gasteiger partial charge on any atom is 0.0611 e. The number of nitrogens with zero attached hydrogens (tertiary/aromatic N) is 1. The first-order chi connectivity index (χ1) is 10.1. The second-order valence-electron chi connectivity index (χ2n) is 6.61. The number of fused-ring (bicyclic) bond motifs is 1. The molecule has 0 aliphatic carbocycles. The molecule has 0 saturated carbocycles. The van der Waals surface area contributed by atoms with Crippen molar-refractivity contribution in [2.24, 2.45) is 0 Å². The van der Waals surface area contributed by atoms with Gasteiger partial charge in [-0.15, -0.1) is 0 Å². The topological polar surface area (TPSA) is 35.5 Å². The van der Waals surface area contributed by atoms with Crippen molar-refractivity contribution in [2.75, 3.05) is 24.6 Å². The zero-order valence-corrected chi connectivity index (χ0v) is 13.7. The standard InChI is InChI=1S/C18H30N2O/c1-4-12-19-18(3,14-21)11-13-20-15(2)9-10-16-7-5-6-8-17(16)20/h5-8,15,19,21H,4,9-14H2,1-3H3. The van der Waals surface area contributed by atoms with Crippen molar-refractivity contribution in [1.82, 2.24) is 5.32 Å². The highest BCUT2D eigenvalue weighted by molar-refractivity contribution is 5.56. The van der Waals surface area contributed by atoms with Crippen molar-refractivity contribution >= 4 is 5.69 Å². The van der Waals surface area contributed by atoms with Crippen molar-refractivity contribution in [3.8, 4) is 0 Å². The van der Waals surface area contributed by atoms with Crippen LogP contribution in [0.1, 0.15) is 45.6 Å². The average Bonchev–Trinajstić information content (AvgIpc) is 2.52. The second-order valence-corrected chi connectivity index (χ2v) is 6.61. The Balaban J connectivity index is 2.05. The van der Waals surface area contributed by atoms with Crippen molar-refractivity contribution < 1.29 is 5.11 Å². The maximum absolute atomic E-state index is 9.72. The van der Waals surface area contributed by atoms with Gasteiger partial charge in [-0.3, -0.25) is 0 Å². The van der Waals surface area contributed by atoms with Gasteiger partial charge in [-0.1, -0.05) is 25.1 Å². The molecule has 2 unspecified atom stereocenters. The fourth-order valence-corrected chi connectivity index (χ4v) is 3.12. The first-order valence-corrected chi connectivity index (χ1v) is 8.30. The monoisotopic (exact) mass is 290 g/mol. The molecule has 0 aromatic heterocycles. The van der Waals surface area contributed by atoms with E-state index in [1.54, 1.807) is 0 Å². The predicted molar refractivity (Wildman–Crippen MR) is 90.0 cm³/mol. The number of aliphatic hydroxyl groups excluding tert-OH is 1. The van der Waals surface area contributed by atoms with E-state index in [9.17, 15) is 5.11 Å². The van der Waals surface area contributed by atoms with Gasteiger partial charge >= 0.3 is 0 Å². The van der Waals surface area contributed by atoms with Crippen LogP contribution < -0.4 is 10.2 Å². The van der Waals surface area contributed by atoms with E-state index in [-0.39, 0.29) is 12.1 Å². The summed E-state index contributed by atoms with van der Waals surface area (Å²) in [5, 5.41) is 13.2. The van der Waals surface area contributed by atoms with Crippen LogP contribution in [0, 0.1) is 0 Å². The molecule has 1 aliphatic heterocycles. The first kappa shape index (κ1) is 16.3. The molecule has 0 spiro atoms. The van der Waals surface area contributed by atoms with Gasteiger partial charge in [0.25, 0.3) is 0 Å². The van der Waals surface area contributed by atoms with E-state index in [1.165, 1.54) is 24.1 Å². The Bertz CT molecular complexity index is 449. The summed E-state index contributed by atoms with van der Waals surface area (Å²) >= 11 is 0. The maximum atomic E-state index is 9.72. The second kappa shape index (κ2) is 7.28. The Labute approximate surface area is 129 Å². The summed E-state index contributed by atoms with van der Waals surface area (Å²) in [6.45, 7) is 8.74. The fraction of sp³-hybridized carbons (Fsp3) is 0.667. The molecule has 3 nitrogen and oxygen atoms in total. The Kier molecular flexibility index (Phi) is 5.65. The molecular weight excluding hydrogens is 260 g/mol. The molecule has 2 rings (SSSR count). The molecule has 1 aromatic carbocycles. The molecule has 118 valence electrons. The van der Waals surface area contributed by atoms with Gasteiger partial charge in [0.05, 0.1) is 6.61 Å². The molecule has 0 bridgehead atoms. The molecule has 2 N–H and O–H groups in total. The Morgan fingerprint density at radius 2 is 2.14 bits per heavy atom. The SMILES string of the molecule is CCCNC(C)(CO)CCN1c2ccccc2CCC1C. The minimum absolute atomic E-state index is 0.178. The number of hydrogen-bond acceptors (Lipinski definition) is 3. The lowest BCUT2D eigenvalue weighted by Crippen LogP contribution is -2.49. The van der Waals surface area contributed by atoms with E-state index in [0.717, 1.165) is 25.9 Å². The number of aryl methyl sites for hydroxylation is 1. The molecule has 1 aromatic rings. The van der Waals surface area contributed by atoms with Crippen LogP contribution >= 0.6 is 0 Å². The largest absolute Gasteiger partial charge is 0.394 e. The van der Waals surface area contributed by atoms with Gasteiger partial charge in [0.2, 0.25) is 0 Å². The van der Waals surface area contributed by atoms with Crippen molar-refractivity contribution in [2.45, 2.75) is 58.0 Å². The van der Waals surface area contributed by atoms with Crippen LogP contribution in [0.3, 0.4) is 0 Å². The minimum atomic E-state index is -0.178. The number of hydrogen-bond donors (Lipinski definition) is 2. The number of rotatable bonds is 7. The van der Waals surface area contributed by atoms with Gasteiger partial charge in [0, 0.05) is 23.8 Å². The Hall–Kier alpha value is -1.06. The van der Waals surface area contributed by atoms with E-state index in [1.807, 2.05) is 0 Å². The number of nitrogens with one attached hydrogen (secondary N) is 1. The third-order valence-electron chi connectivity index (χ3n) is 4.72. The van der Waals surface area contributed by atoms with Crippen LogP contribution in [-0.2, 0) is 6.42 Å². The molecule has 0 saturated heterocycles. The molecule has 0 amide bonds. The van der Waals surface area contributed by atoms with Gasteiger partial charge in [0.1, 0.15) is 0 Å². The lowest BCUT2D eigenvalue weighted by Gasteiger charge is -2.40. The summed E-state index contributed by atoms with van der Waals surface area (Å²) in [4.78, 5) is 2.51. The summed E-state index contributed by atoms with van der Waals surface area (Å²) in [5.74, 6) is 0. The molecule has 3 heteroatoms. The lowest BCUT2D eigenvalue weighted by atomic mass is 9.93. The summed E-state index contributed by atoms with van der Waals surface area (Å²) in [7, 11) is 0. The molecular formula is C18H30N2O. The molecule has 1 heterocycles. The summed E-state index contributed by atoms with van der Waals surface area (Å²) in [6.07, 6.45) is 4.45. The van der Waals surface area contributed by atoms with Gasteiger partial charge in [-0.05, 0) is 57.7 Å². The highest BCUT2D eigenvalue weighted by Crippen LogP contribution is 2.31. The average molecular weight is 290 g/mol. The van der Waals surface area contributed by atoms with Crippen LogP contribution in [0.4, 0.5) is 5.69 Å². The van der Waals surface area contributed by atoms with Crippen LogP contribution in [0.5, 0.6) is 0 Å². The van der Waals surface area contributed by atoms with E-state index < -0.39 is 0 Å². The van der Waals surface area contributed by atoms with Gasteiger partial charge in [-0.25, -0.2) is 0 Å². The summed E-state index contributed by atoms with van der Waals surface area (Å²) < 4.78 is 0. The fourth-order valence-electron chi connectivity index (χ4n) is 3.12. The number of benzene rings is 1. The van der Waals surface area contributed by atoms with Crippen molar-refractivity contribution in [3.63, 3.8) is 0 Å². The highest BCUT2D eigenvalue weighted by Gasteiger charge is 2.27. The number of para-hydroxylation sites is 1. The highest BCUT2D eigenvalue weighted by atomic mass is 16.3. The van der Waals surface area contributed by atoms with E-state index in [0.29, 0.717) is 6.04 Å². The van der Waals surface area contributed by atoms with Crippen LogP contribution in [0.2, 0.25) is 0 Å². The van der Waals surface area contributed by atoms with Gasteiger partial charge < -0.3 is 15.3 Å². The van der Waals surface area contributed by atoms with Crippen molar-refractivity contribution in [1.29, 1.82) is 0 Å². The van der Waals surface area contributed by atoms with Crippen molar-refractivity contribution in [3.05, 3.63) is 29.8 Å². The quantitative estimate of drug-likeness (QED) is 0.810. The number of anilines is 1. The smallest absolute Gasteiger partial charge is 0.0611 e. The zero-order chi connectivity index (χ0) is 15.3. The van der Waals surface area contributed by atoms with Gasteiger partial charge in [-0.2, -0.15) is 0 Å². The third kappa shape index (κ3) is 3.98. The van der Waals surface area contributed by atoms with Crippen LogP contribution in [-0.4, -0.2) is 36.4 Å². The number of aliphatic hydroxyl groups is 1. The minimum Gasteiger partial charge on any atom is -0.394 e.